The van der Waals surface area contributed by atoms with Crippen LogP contribution in [0.2, 0.25) is 38.3 Å². The predicted molar refractivity (Wildman–Crippen MR) is 68.2 cm³/mol. The molecule has 0 spiro atoms. The van der Waals surface area contributed by atoms with Crippen LogP contribution in [0.3, 0.4) is 0 Å². The second-order valence-electron chi connectivity index (χ2n) is 5.21. The summed E-state index contributed by atoms with van der Waals surface area (Å²) in [4.78, 5) is 0. The lowest BCUT2D eigenvalue weighted by molar-refractivity contribution is 1.07. The zero-order valence-electron chi connectivity index (χ0n) is 10.2. The van der Waals surface area contributed by atoms with Crippen molar-refractivity contribution in [1.82, 2.24) is 4.65 Å². The van der Waals surface area contributed by atoms with Gasteiger partial charge in [0.25, 0.3) is 0 Å². The van der Waals surface area contributed by atoms with Gasteiger partial charge in [-0.25, -0.2) is 0 Å². The Labute approximate surface area is 95.3 Å². The average molecular weight is 239 g/mol. The molecule has 0 fully saturated rings. The van der Waals surface area contributed by atoms with Crippen molar-refractivity contribution in [2.75, 3.05) is 0 Å². The van der Waals surface area contributed by atoms with Crippen LogP contribution in [0.15, 0.2) is 0 Å². The highest BCUT2D eigenvalue weighted by molar-refractivity contribution is 6.91. The normalized spacial score (nSPS) is 11.9. The largest absolute Gasteiger partial charge is 0.359 e. The third-order valence-corrected chi connectivity index (χ3v) is 10.8. The van der Waals surface area contributed by atoms with Crippen LogP contribution in [0.25, 0.3) is 0 Å². The number of nitrogens with one attached hydrogen (secondary N) is 1. The van der Waals surface area contributed by atoms with E-state index in [4.69, 9.17) is 10.5 Å². The molecule has 3 nitrogen and oxygen atoms in total. The van der Waals surface area contributed by atoms with E-state index in [1.807, 2.05) is 0 Å². The average Bonchev–Trinajstić information content (AvgIpc) is 2.10. The van der Waals surface area contributed by atoms with Crippen molar-refractivity contribution in [1.29, 1.82) is 10.5 Å². The van der Waals surface area contributed by atoms with Gasteiger partial charge in [0.05, 0.1) is 12.1 Å². The monoisotopic (exact) mass is 239 g/mol. The first-order valence-electron chi connectivity index (χ1n) is 5.36. The zero-order chi connectivity index (χ0) is 11.9. The van der Waals surface area contributed by atoms with Gasteiger partial charge in [-0.3, -0.25) is 0 Å². The molecule has 0 atom stereocenters. The summed E-state index contributed by atoms with van der Waals surface area (Å²) < 4.78 is 3.78. The fourth-order valence-corrected chi connectivity index (χ4v) is 11.6. The fourth-order valence-electron chi connectivity index (χ4n) is 1.78. The maximum absolute atomic E-state index is 8.58. The van der Waals surface area contributed by atoms with E-state index in [0.29, 0.717) is 12.8 Å². The molecule has 15 heavy (non-hydrogen) atoms. The van der Waals surface area contributed by atoms with Gasteiger partial charge in [0.15, 0.2) is 0 Å². The van der Waals surface area contributed by atoms with Crippen LogP contribution >= 0.6 is 0 Å². The van der Waals surface area contributed by atoms with E-state index in [1.54, 1.807) is 0 Å². The molecule has 0 unspecified atom stereocenters. The first-order chi connectivity index (χ1) is 6.83. The van der Waals surface area contributed by atoms with Crippen molar-refractivity contribution in [2.24, 2.45) is 0 Å². The minimum Gasteiger partial charge on any atom is -0.359 e. The molecule has 0 amide bonds. The SMILES string of the molecule is C[Si](C)(CCC#N)N[Si](C)(C)CCC#N. The summed E-state index contributed by atoms with van der Waals surface area (Å²) in [7, 11) is -2.86. The number of nitrogens with zero attached hydrogens (tertiary/aromatic N) is 2. The zero-order valence-corrected chi connectivity index (χ0v) is 12.2. The molecule has 0 bridgehead atoms. The summed E-state index contributed by atoms with van der Waals surface area (Å²) in [6.07, 6.45) is 1.30. The van der Waals surface area contributed by atoms with Gasteiger partial charge in [-0.05, 0) is 12.1 Å². The lowest BCUT2D eigenvalue weighted by Crippen LogP contribution is -2.58. The van der Waals surface area contributed by atoms with Crippen LogP contribution in [0, 0.1) is 22.7 Å². The lowest BCUT2D eigenvalue weighted by Gasteiger charge is -2.33. The molecule has 1 N–H and O–H groups in total. The predicted octanol–water partition coefficient (Wildman–Crippen LogP) is 2.81. The Morgan fingerprint density at radius 2 is 1.20 bits per heavy atom. The lowest BCUT2D eigenvalue weighted by atomic mass is 10.6. The number of rotatable bonds is 6. The molecule has 0 aromatic heterocycles. The quantitative estimate of drug-likeness (QED) is 0.725. The van der Waals surface area contributed by atoms with E-state index in [9.17, 15) is 0 Å². The molecular formula is C10H21N3Si2. The van der Waals surface area contributed by atoms with Gasteiger partial charge >= 0.3 is 0 Å². The molecule has 0 saturated heterocycles. The van der Waals surface area contributed by atoms with Crippen molar-refractivity contribution < 1.29 is 0 Å². The summed E-state index contributed by atoms with van der Waals surface area (Å²) >= 11 is 0. The van der Waals surface area contributed by atoms with Crippen LogP contribution in [0.4, 0.5) is 0 Å². The van der Waals surface area contributed by atoms with E-state index in [1.165, 1.54) is 0 Å². The molecule has 0 rings (SSSR count). The summed E-state index contributed by atoms with van der Waals surface area (Å²) in [5.41, 5.74) is 0. The van der Waals surface area contributed by atoms with E-state index in [2.05, 4.69) is 43.0 Å². The Bertz CT molecular complexity index is 245. The minimum atomic E-state index is -1.43. The maximum atomic E-state index is 8.58. The summed E-state index contributed by atoms with van der Waals surface area (Å²) in [6, 6.07) is 6.43. The van der Waals surface area contributed by atoms with Crippen LogP contribution in [-0.2, 0) is 0 Å². The van der Waals surface area contributed by atoms with Gasteiger partial charge in [-0.2, -0.15) is 10.5 Å². The van der Waals surface area contributed by atoms with Crippen molar-refractivity contribution in [2.45, 2.75) is 51.1 Å². The van der Waals surface area contributed by atoms with E-state index in [0.717, 1.165) is 12.1 Å². The number of hydrogen-bond acceptors (Lipinski definition) is 3. The molecule has 0 saturated carbocycles. The van der Waals surface area contributed by atoms with Gasteiger partial charge in [0, 0.05) is 12.8 Å². The summed E-state index contributed by atoms with van der Waals surface area (Å²) in [6.45, 7) is 9.08. The van der Waals surface area contributed by atoms with E-state index in [-0.39, 0.29) is 0 Å². The van der Waals surface area contributed by atoms with Crippen LogP contribution in [0.5, 0.6) is 0 Å². The molecule has 0 aromatic carbocycles. The van der Waals surface area contributed by atoms with Crippen molar-refractivity contribution in [3.63, 3.8) is 0 Å². The van der Waals surface area contributed by atoms with Gasteiger partial charge < -0.3 is 4.65 Å². The highest BCUT2D eigenvalue weighted by Gasteiger charge is 2.30. The van der Waals surface area contributed by atoms with Crippen molar-refractivity contribution in [3.8, 4) is 12.1 Å². The molecular weight excluding hydrogens is 218 g/mol. The Morgan fingerprint density at radius 1 is 0.867 bits per heavy atom. The molecule has 0 aliphatic rings. The number of nitriles is 2. The molecule has 5 heteroatoms. The van der Waals surface area contributed by atoms with E-state index < -0.39 is 16.5 Å². The third kappa shape index (κ3) is 7.32. The van der Waals surface area contributed by atoms with Gasteiger partial charge in [-0.15, -0.1) is 0 Å². The second kappa shape index (κ2) is 6.07. The van der Waals surface area contributed by atoms with Crippen LogP contribution < -0.4 is 4.65 Å². The molecule has 0 radical (unpaired) electrons. The Morgan fingerprint density at radius 3 is 1.47 bits per heavy atom. The molecule has 0 aromatic rings. The van der Waals surface area contributed by atoms with Gasteiger partial charge in [-0.1, -0.05) is 26.2 Å². The molecule has 84 valence electrons. The standard InChI is InChI=1S/C10H21N3Si2/c1-14(2,9-5-7-11)13-15(3,4)10-6-8-12/h13H,5-6,9-10H2,1-4H3. The van der Waals surface area contributed by atoms with Gasteiger partial charge in [0.1, 0.15) is 16.5 Å². The Hall–Kier alpha value is -0.626. The van der Waals surface area contributed by atoms with Crippen LogP contribution in [-0.4, -0.2) is 16.5 Å². The second-order valence-corrected chi connectivity index (χ2v) is 14.7. The van der Waals surface area contributed by atoms with Crippen LogP contribution in [0.1, 0.15) is 12.8 Å². The van der Waals surface area contributed by atoms with Crippen molar-refractivity contribution >= 4 is 16.5 Å². The first-order valence-corrected chi connectivity index (χ1v) is 11.8. The van der Waals surface area contributed by atoms with Gasteiger partial charge in [0.2, 0.25) is 0 Å². The van der Waals surface area contributed by atoms with Crippen molar-refractivity contribution in [3.05, 3.63) is 0 Å². The maximum Gasteiger partial charge on any atom is 0.113 e. The Balaban J connectivity index is 4.18. The highest BCUT2D eigenvalue weighted by atomic mass is 28.4. The first kappa shape index (κ1) is 14.4. The third-order valence-electron chi connectivity index (χ3n) is 2.40. The summed E-state index contributed by atoms with van der Waals surface area (Å²) in [5, 5.41) is 17.2. The fraction of sp³-hybridized carbons (Fsp3) is 0.800. The Kier molecular flexibility index (Phi) is 5.81. The smallest absolute Gasteiger partial charge is 0.113 e. The number of hydrogen-bond donors (Lipinski definition) is 1. The topological polar surface area (TPSA) is 59.6 Å². The highest BCUT2D eigenvalue weighted by Crippen LogP contribution is 2.15. The molecule has 0 heterocycles. The van der Waals surface area contributed by atoms with E-state index >= 15 is 0 Å². The summed E-state index contributed by atoms with van der Waals surface area (Å²) in [5.74, 6) is 0. The molecule has 0 aliphatic carbocycles. The minimum absolute atomic E-state index is 0.648. The molecule has 0 aliphatic heterocycles.